The average Bonchev–Trinajstić information content (AvgIpc) is 3.70. The van der Waals surface area contributed by atoms with E-state index >= 15 is 0 Å². The van der Waals surface area contributed by atoms with Gasteiger partial charge < -0.3 is 9.80 Å². The molecule has 0 unspecified atom stereocenters. The first kappa shape index (κ1) is 33.6. The number of aryl methyl sites for hydroxylation is 2. The largest absolute Gasteiger partial charge is 0.311 e. The van der Waals surface area contributed by atoms with Gasteiger partial charge in [0, 0.05) is 34.1 Å². The first-order valence-electron chi connectivity index (χ1n) is 20.7. The monoisotopic (exact) mass is 742 g/mol. The summed E-state index contributed by atoms with van der Waals surface area (Å²) in [6.07, 6.45) is 0. The standard InChI is InChI=1S/C55H43BN2/c1-34-22-25-37(26-23-34)57-50-29-24-35(2)30-48(50)56-47-20-12-13-21-49(47)58(52-32-36(54(3,4)5)31-51(57)53(52)56)38-27-28-46-42(33-38)41-16-8-11-19-45(41)55(46)43-17-9-6-14-39(43)40-15-7-10-18-44(40)55/h6-33H,1-5H3. The van der Waals surface area contributed by atoms with E-state index in [9.17, 15) is 0 Å². The van der Waals surface area contributed by atoms with Crippen LogP contribution in [0.25, 0.3) is 22.3 Å². The van der Waals surface area contributed by atoms with Crippen LogP contribution in [0.15, 0.2) is 170 Å². The predicted molar refractivity (Wildman–Crippen MR) is 245 cm³/mol. The van der Waals surface area contributed by atoms with E-state index in [1.54, 1.807) is 0 Å². The molecule has 0 fully saturated rings. The van der Waals surface area contributed by atoms with Crippen LogP contribution in [-0.4, -0.2) is 6.71 Å². The molecule has 2 aliphatic heterocycles. The third kappa shape index (κ3) is 4.34. The lowest BCUT2D eigenvalue weighted by molar-refractivity contribution is 0.590. The fraction of sp³-hybridized carbons (Fsp3) is 0.127. The lowest BCUT2D eigenvalue weighted by atomic mass is 9.33. The number of hydrogen-bond donors (Lipinski definition) is 0. The van der Waals surface area contributed by atoms with Crippen molar-refractivity contribution in [2.24, 2.45) is 0 Å². The van der Waals surface area contributed by atoms with Crippen molar-refractivity contribution in [1.82, 2.24) is 0 Å². The van der Waals surface area contributed by atoms with Gasteiger partial charge in [-0.1, -0.05) is 153 Å². The van der Waals surface area contributed by atoms with E-state index in [2.05, 4.69) is 214 Å². The molecule has 8 aromatic carbocycles. The summed E-state index contributed by atoms with van der Waals surface area (Å²) in [4.78, 5) is 5.11. The molecule has 4 aliphatic rings. The smallest absolute Gasteiger partial charge is 0.252 e. The lowest BCUT2D eigenvalue weighted by Crippen LogP contribution is -2.61. The molecule has 3 heteroatoms. The van der Waals surface area contributed by atoms with Crippen LogP contribution < -0.4 is 26.2 Å². The van der Waals surface area contributed by atoms with E-state index in [1.165, 1.54) is 112 Å². The third-order valence-electron chi connectivity index (χ3n) is 13.5. The molecule has 2 aliphatic carbocycles. The molecule has 0 N–H and O–H groups in total. The van der Waals surface area contributed by atoms with Gasteiger partial charge in [0.1, 0.15) is 0 Å². The number of rotatable bonds is 2. The molecule has 2 nitrogen and oxygen atoms in total. The molecule has 2 heterocycles. The van der Waals surface area contributed by atoms with Gasteiger partial charge in [-0.2, -0.15) is 0 Å². The first-order valence-corrected chi connectivity index (χ1v) is 20.7. The van der Waals surface area contributed by atoms with Crippen LogP contribution in [0.2, 0.25) is 0 Å². The van der Waals surface area contributed by atoms with Gasteiger partial charge in [-0.3, -0.25) is 0 Å². The number of para-hydroxylation sites is 1. The van der Waals surface area contributed by atoms with Gasteiger partial charge in [0.2, 0.25) is 0 Å². The van der Waals surface area contributed by atoms with Crippen LogP contribution in [0.3, 0.4) is 0 Å². The summed E-state index contributed by atoms with van der Waals surface area (Å²) in [5.41, 5.74) is 25.6. The predicted octanol–water partition coefficient (Wildman–Crippen LogP) is 12.0. The normalized spacial score (nSPS) is 14.7. The second-order valence-electron chi connectivity index (χ2n) is 17.9. The number of anilines is 6. The molecule has 0 aromatic heterocycles. The number of hydrogen-bond acceptors (Lipinski definition) is 2. The Bertz CT molecular complexity index is 2990. The van der Waals surface area contributed by atoms with Gasteiger partial charge in [0.05, 0.1) is 5.41 Å². The summed E-state index contributed by atoms with van der Waals surface area (Å²) in [5, 5.41) is 0. The maximum Gasteiger partial charge on any atom is 0.252 e. The topological polar surface area (TPSA) is 6.48 Å². The van der Waals surface area contributed by atoms with Crippen molar-refractivity contribution in [3.05, 3.63) is 209 Å². The molecule has 276 valence electrons. The molecule has 0 bridgehead atoms. The van der Waals surface area contributed by atoms with Crippen molar-refractivity contribution in [1.29, 1.82) is 0 Å². The van der Waals surface area contributed by atoms with E-state index in [4.69, 9.17) is 0 Å². The molecule has 1 spiro atoms. The van der Waals surface area contributed by atoms with Gasteiger partial charge in [-0.05, 0) is 134 Å². The van der Waals surface area contributed by atoms with Crippen LogP contribution in [0.4, 0.5) is 34.1 Å². The van der Waals surface area contributed by atoms with E-state index in [0.717, 1.165) is 0 Å². The zero-order valence-corrected chi connectivity index (χ0v) is 33.6. The molecule has 8 aromatic rings. The number of nitrogens with zero attached hydrogens (tertiary/aromatic N) is 2. The Kier molecular flexibility index (Phi) is 6.79. The summed E-state index contributed by atoms with van der Waals surface area (Å²) in [6.45, 7) is 11.5. The minimum Gasteiger partial charge on any atom is -0.311 e. The van der Waals surface area contributed by atoms with Crippen LogP contribution in [0, 0.1) is 13.8 Å². The van der Waals surface area contributed by atoms with Gasteiger partial charge in [0.25, 0.3) is 6.71 Å². The summed E-state index contributed by atoms with van der Waals surface area (Å²) >= 11 is 0. The van der Waals surface area contributed by atoms with Gasteiger partial charge in [-0.25, -0.2) is 0 Å². The third-order valence-corrected chi connectivity index (χ3v) is 13.5. The molecule has 0 saturated carbocycles. The fourth-order valence-electron chi connectivity index (χ4n) is 11.0. The highest BCUT2D eigenvalue weighted by Crippen LogP contribution is 2.63. The zero-order valence-electron chi connectivity index (χ0n) is 33.6. The van der Waals surface area contributed by atoms with Crippen LogP contribution in [-0.2, 0) is 10.8 Å². The molecule has 0 amide bonds. The SMILES string of the molecule is Cc1ccc(N2c3ccc(C)cc3B3c4ccccc4N(c4ccc5c(c4)-c4ccccc4C54c5ccccc5-c5ccccc54)c4cc(C(C)(C)C)cc2c43)cc1. The molecule has 0 atom stereocenters. The van der Waals surface area contributed by atoms with E-state index in [-0.39, 0.29) is 17.5 Å². The second-order valence-corrected chi connectivity index (χ2v) is 17.9. The van der Waals surface area contributed by atoms with Gasteiger partial charge >= 0.3 is 0 Å². The highest BCUT2D eigenvalue weighted by Gasteiger charge is 2.52. The van der Waals surface area contributed by atoms with Gasteiger partial charge in [0.15, 0.2) is 0 Å². The van der Waals surface area contributed by atoms with Crippen molar-refractivity contribution < 1.29 is 0 Å². The van der Waals surface area contributed by atoms with Crippen LogP contribution in [0.5, 0.6) is 0 Å². The Morgan fingerprint density at radius 3 is 1.55 bits per heavy atom. The van der Waals surface area contributed by atoms with E-state index < -0.39 is 0 Å². The summed E-state index contributed by atoms with van der Waals surface area (Å²) in [7, 11) is 0. The Hall–Kier alpha value is -6.58. The Morgan fingerprint density at radius 1 is 0.414 bits per heavy atom. The summed E-state index contributed by atoms with van der Waals surface area (Å²) in [6, 6.07) is 64.9. The van der Waals surface area contributed by atoms with Crippen molar-refractivity contribution >= 4 is 57.2 Å². The number of fused-ring (bicyclic) bond motifs is 14. The second kappa shape index (κ2) is 11.7. The minimum absolute atomic E-state index is 0.0807. The Labute approximate surface area is 342 Å². The van der Waals surface area contributed by atoms with Crippen molar-refractivity contribution in [2.75, 3.05) is 9.80 Å². The van der Waals surface area contributed by atoms with Crippen molar-refractivity contribution in [3.63, 3.8) is 0 Å². The minimum atomic E-state index is -0.371. The van der Waals surface area contributed by atoms with Crippen LogP contribution >= 0.6 is 0 Å². The summed E-state index contributed by atoms with van der Waals surface area (Å²) < 4.78 is 0. The zero-order chi connectivity index (χ0) is 39.1. The highest BCUT2D eigenvalue weighted by molar-refractivity contribution is 7.00. The molecule has 12 rings (SSSR count). The molecule has 0 radical (unpaired) electrons. The molecule has 0 saturated heterocycles. The lowest BCUT2D eigenvalue weighted by Gasteiger charge is -2.45. The Balaban J connectivity index is 1.15. The maximum atomic E-state index is 2.58. The van der Waals surface area contributed by atoms with Crippen LogP contribution in [0.1, 0.15) is 59.7 Å². The first-order chi connectivity index (χ1) is 28.2. The fourth-order valence-corrected chi connectivity index (χ4v) is 11.0. The Morgan fingerprint density at radius 2 is 0.914 bits per heavy atom. The van der Waals surface area contributed by atoms with E-state index in [0.29, 0.717) is 0 Å². The highest BCUT2D eigenvalue weighted by atomic mass is 15.2. The quantitative estimate of drug-likeness (QED) is 0.163. The van der Waals surface area contributed by atoms with Crippen molar-refractivity contribution in [3.8, 4) is 22.3 Å². The molecular formula is C55H43BN2. The summed E-state index contributed by atoms with van der Waals surface area (Å²) in [5.74, 6) is 0. The number of benzene rings is 8. The molecular weight excluding hydrogens is 699 g/mol. The molecule has 58 heavy (non-hydrogen) atoms. The average molecular weight is 743 g/mol. The van der Waals surface area contributed by atoms with Gasteiger partial charge in [-0.15, -0.1) is 0 Å². The maximum absolute atomic E-state index is 2.58. The van der Waals surface area contributed by atoms with E-state index in [1.807, 2.05) is 0 Å². The van der Waals surface area contributed by atoms with Crippen molar-refractivity contribution in [2.45, 2.75) is 45.4 Å².